The van der Waals surface area contributed by atoms with Crippen molar-refractivity contribution in [1.82, 2.24) is 5.32 Å². The van der Waals surface area contributed by atoms with E-state index in [1.807, 2.05) is 0 Å². The summed E-state index contributed by atoms with van der Waals surface area (Å²) >= 11 is 0.702. The number of amides is 2. The number of carbonyl (C=O) groups is 2. The van der Waals surface area contributed by atoms with E-state index in [-0.39, 0.29) is 28.6 Å². The number of nitrogens with one attached hydrogen (secondary N) is 1. The zero-order valence-electron chi connectivity index (χ0n) is 13.1. The molecule has 0 radical (unpaired) electrons. The van der Waals surface area contributed by atoms with Crippen LogP contribution in [0.25, 0.3) is 6.08 Å². The normalized spacial score (nSPS) is 15.2. The van der Waals surface area contributed by atoms with Gasteiger partial charge in [0.1, 0.15) is 18.2 Å². The quantitative estimate of drug-likeness (QED) is 0.487. The van der Waals surface area contributed by atoms with E-state index < -0.39 is 16.1 Å². The maximum absolute atomic E-state index is 12.9. The summed E-state index contributed by atoms with van der Waals surface area (Å²) in [4.78, 5) is 33.5. The molecule has 132 valence electrons. The summed E-state index contributed by atoms with van der Waals surface area (Å²) in [5.41, 5.74) is 0.806. The number of nitro groups is 1. The molecule has 0 aromatic heterocycles. The highest BCUT2D eigenvalue weighted by molar-refractivity contribution is 8.18. The maximum Gasteiger partial charge on any atom is 0.290 e. The van der Waals surface area contributed by atoms with Crippen molar-refractivity contribution in [2.45, 2.75) is 6.61 Å². The highest BCUT2D eigenvalue weighted by Gasteiger charge is 2.25. The molecule has 1 N–H and O–H groups in total. The second kappa shape index (κ2) is 7.36. The Kier molecular flexibility index (Phi) is 4.99. The van der Waals surface area contributed by atoms with Crippen molar-refractivity contribution >= 4 is 34.7 Å². The Morgan fingerprint density at radius 3 is 2.54 bits per heavy atom. The van der Waals surface area contributed by atoms with Crippen molar-refractivity contribution in [3.63, 3.8) is 0 Å². The number of nitro benzene ring substituents is 1. The lowest BCUT2D eigenvalue weighted by atomic mass is 10.1. The van der Waals surface area contributed by atoms with E-state index in [0.717, 1.165) is 0 Å². The zero-order chi connectivity index (χ0) is 18.7. The lowest BCUT2D eigenvalue weighted by Crippen LogP contribution is -2.17. The van der Waals surface area contributed by atoms with Crippen molar-refractivity contribution in [1.29, 1.82) is 0 Å². The van der Waals surface area contributed by atoms with Gasteiger partial charge in [-0.15, -0.1) is 0 Å². The molecule has 0 saturated carbocycles. The summed E-state index contributed by atoms with van der Waals surface area (Å²) in [5, 5.41) is 12.6. The Morgan fingerprint density at radius 2 is 1.92 bits per heavy atom. The molecule has 1 aliphatic heterocycles. The molecule has 1 heterocycles. The van der Waals surface area contributed by atoms with E-state index in [9.17, 15) is 24.1 Å². The summed E-state index contributed by atoms with van der Waals surface area (Å²) in [6.07, 6.45) is 1.36. The molecular formula is C17H11FN2O5S. The molecule has 1 aliphatic rings. The van der Waals surface area contributed by atoms with Crippen molar-refractivity contribution in [2.24, 2.45) is 0 Å². The van der Waals surface area contributed by atoms with Gasteiger partial charge in [-0.2, -0.15) is 0 Å². The van der Waals surface area contributed by atoms with Crippen LogP contribution in [0.5, 0.6) is 5.75 Å². The van der Waals surface area contributed by atoms with Gasteiger partial charge in [-0.1, -0.05) is 12.1 Å². The highest BCUT2D eigenvalue weighted by Crippen LogP contribution is 2.31. The van der Waals surface area contributed by atoms with Gasteiger partial charge in [0.15, 0.2) is 0 Å². The number of ether oxygens (including phenoxy) is 1. The third-order valence-corrected chi connectivity index (χ3v) is 4.25. The number of non-ortho nitro benzene ring substituents is 1. The standard InChI is InChI=1S/C17H11FN2O5S/c18-12-3-1-10(2-4-12)9-25-14-6-5-13(20(23)24)7-11(14)8-15-16(21)19-17(22)26-15/h1-8H,9H2,(H,19,21,22)/b15-8+. The molecule has 1 saturated heterocycles. The molecule has 0 unspecified atom stereocenters. The van der Waals surface area contributed by atoms with Crippen LogP contribution >= 0.6 is 11.8 Å². The molecule has 7 nitrogen and oxygen atoms in total. The molecule has 0 aliphatic carbocycles. The predicted molar refractivity (Wildman–Crippen MR) is 92.9 cm³/mol. The van der Waals surface area contributed by atoms with Gasteiger partial charge >= 0.3 is 0 Å². The number of carbonyl (C=O) groups excluding carboxylic acids is 2. The van der Waals surface area contributed by atoms with Gasteiger partial charge in [-0.25, -0.2) is 4.39 Å². The number of hydrogen-bond acceptors (Lipinski definition) is 6. The first-order chi connectivity index (χ1) is 12.4. The minimum absolute atomic E-state index is 0.104. The van der Waals surface area contributed by atoms with E-state index in [2.05, 4.69) is 5.32 Å². The minimum Gasteiger partial charge on any atom is -0.488 e. The average Bonchev–Trinajstić information content (AvgIpc) is 2.92. The zero-order valence-corrected chi connectivity index (χ0v) is 13.9. The Bertz CT molecular complexity index is 927. The van der Waals surface area contributed by atoms with Gasteiger partial charge in [0.05, 0.1) is 9.83 Å². The molecular weight excluding hydrogens is 363 g/mol. The van der Waals surface area contributed by atoms with Crippen molar-refractivity contribution in [3.05, 3.63) is 74.4 Å². The van der Waals surface area contributed by atoms with Gasteiger partial charge in [0, 0.05) is 17.7 Å². The second-order valence-corrected chi connectivity index (χ2v) is 6.26. The number of nitrogens with zero attached hydrogens (tertiary/aromatic N) is 1. The second-order valence-electron chi connectivity index (χ2n) is 5.25. The van der Waals surface area contributed by atoms with E-state index in [4.69, 9.17) is 4.74 Å². The third-order valence-electron chi connectivity index (χ3n) is 3.44. The number of thioether (sulfide) groups is 1. The first-order valence-corrected chi connectivity index (χ1v) is 8.14. The fraction of sp³-hybridized carbons (Fsp3) is 0.0588. The summed E-state index contributed by atoms with van der Waals surface area (Å²) in [5.74, 6) is -0.653. The van der Waals surface area contributed by atoms with Gasteiger partial charge in [0.25, 0.3) is 16.8 Å². The molecule has 26 heavy (non-hydrogen) atoms. The number of benzene rings is 2. The van der Waals surface area contributed by atoms with Crippen LogP contribution in [0.1, 0.15) is 11.1 Å². The first-order valence-electron chi connectivity index (χ1n) is 7.33. The van der Waals surface area contributed by atoms with Crippen LogP contribution in [0.4, 0.5) is 14.9 Å². The first kappa shape index (κ1) is 17.6. The van der Waals surface area contributed by atoms with E-state index in [1.54, 1.807) is 12.1 Å². The predicted octanol–water partition coefficient (Wildman–Crippen LogP) is 3.64. The van der Waals surface area contributed by atoms with E-state index in [1.165, 1.54) is 36.4 Å². The number of halogens is 1. The Morgan fingerprint density at radius 1 is 1.19 bits per heavy atom. The Hall–Kier alpha value is -3.20. The van der Waals surface area contributed by atoms with Gasteiger partial charge < -0.3 is 4.74 Å². The molecule has 2 aromatic carbocycles. The number of imide groups is 1. The fourth-order valence-corrected chi connectivity index (χ4v) is 2.87. The Balaban J connectivity index is 1.90. The van der Waals surface area contributed by atoms with Crippen LogP contribution in [0.2, 0.25) is 0 Å². The number of rotatable bonds is 5. The van der Waals surface area contributed by atoms with Crippen LogP contribution in [-0.2, 0) is 11.4 Å². The Labute approximate surface area is 151 Å². The van der Waals surface area contributed by atoms with Gasteiger partial charge in [-0.05, 0) is 41.6 Å². The fourth-order valence-electron chi connectivity index (χ4n) is 2.20. The summed E-state index contributed by atoms with van der Waals surface area (Å²) in [6.45, 7) is 0.104. The maximum atomic E-state index is 12.9. The lowest BCUT2D eigenvalue weighted by Gasteiger charge is -2.10. The molecule has 2 aromatic rings. The van der Waals surface area contributed by atoms with Crippen LogP contribution in [-0.4, -0.2) is 16.1 Å². The van der Waals surface area contributed by atoms with Crippen molar-refractivity contribution in [2.75, 3.05) is 0 Å². The lowest BCUT2D eigenvalue weighted by molar-refractivity contribution is -0.384. The van der Waals surface area contributed by atoms with Crippen LogP contribution in [0, 0.1) is 15.9 Å². The van der Waals surface area contributed by atoms with Crippen LogP contribution < -0.4 is 10.1 Å². The molecule has 0 bridgehead atoms. The van der Waals surface area contributed by atoms with E-state index >= 15 is 0 Å². The molecule has 1 fully saturated rings. The smallest absolute Gasteiger partial charge is 0.290 e. The molecule has 3 rings (SSSR count). The highest BCUT2D eigenvalue weighted by atomic mass is 32.2. The van der Waals surface area contributed by atoms with E-state index in [0.29, 0.717) is 23.1 Å². The molecule has 0 atom stereocenters. The van der Waals surface area contributed by atoms with Crippen LogP contribution in [0.3, 0.4) is 0 Å². The third kappa shape index (κ3) is 4.06. The largest absolute Gasteiger partial charge is 0.488 e. The van der Waals surface area contributed by atoms with Crippen molar-refractivity contribution < 1.29 is 23.6 Å². The van der Waals surface area contributed by atoms with Gasteiger partial charge in [0.2, 0.25) is 0 Å². The topological polar surface area (TPSA) is 98.5 Å². The molecule has 0 spiro atoms. The molecule has 9 heteroatoms. The average molecular weight is 374 g/mol. The number of hydrogen-bond donors (Lipinski definition) is 1. The van der Waals surface area contributed by atoms with Crippen LogP contribution in [0.15, 0.2) is 47.4 Å². The summed E-state index contributed by atoms with van der Waals surface area (Å²) < 4.78 is 18.6. The summed E-state index contributed by atoms with van der Waals surface area (Å²) in [7, 11) is 0. The van der Waals surface area contributed by atoms with Crippen molar-refractivity contribution in [3.8, 4) is 5.75 Å². The van der Waals surface area contributed by atoms with Gasteiger partial charge in [-0.3, -0.25) is 25.0 Å². The molecule has 2 amide bonds. The SMILES string of the molecule is O=C1NC(=O)/C(=C\c2cc([N+](=O)[O-])ccc2OCc2ccc(F)cc2)S1. The minimum atomic E-state index is -0.573. The monoisotopic (exact) mass is 374 g/mol. The summed E-state index contributed by atoms with van der Waals surface area (Å²) in [6, 6.07) is 9.63.